The van der Waals surface area contributed by atoms with Crippen molar-refractivity contribution in [3.8, 4) is 5.75 Å². The van der Waals surface area contributed by atoms with Gasteiger partial charge in [0.25, 0.3) is 0 Å². The number of carbonyl (C=O) groups is 1. The third-order valence-electron chi connectivity index (χ3n) is 5.99. The number of hydrogen-bond donors (Lipinski definition) is 1. The zero-order chi connectivity index (χ0) is 27.9. The second kappa shape index (κ2) is 13.0. The highest BCUT2D eigenvalue weighted by atomic mass is 19.4. The van der Waals surface area contributed by atoms with Crippen LogP contribution in [0.3, 0.4) is 0 Å². The number of piperazine rings is 1. The monoisotopic (exact) mass is 531 g/mol. The fourth-order valence-corrected chi connectivity index (χ4v) is 4.22. The van der Waals surface area contributed by atoms with Crippen LogP contribution < -0.4 is 4.74 Å². The summed E-state index contributed by atoms with van der Waals surface area (Å²) < 4.78 is 50.6. The molecular formula is C29H36F3N3O3. The Kier molecular flexibility index (Phi) is 9.96. The number of benzene rings is 2. The van der Waals surface area contributed by atoms with E-state index in [0.29, 0.717) is 38.3 Å². The number of nitrogens with one attached hydrogen (secondary N) is 1. The molecule has 1 fully saturated rings. The Morgan fingerprint density at radius 3 is 2.29 bits per heavy atom. The molecule has 0 aliphatic carbocycles. The molecule has 38 heavy (non-hydrogen) atoms. The van der Waals surface area contributed by atoms with Gasteiger partial charge < -0.3 is 14.4 Å². The van der Waals surface area contributed by atoms with E-state index in [2.05, 4.69) is 4.90 Å². The average Bonchev–Trinajstić information content (AvgIpc) is 2.85. The van der Waals surface area contributed by atoms with Gasteiger partial charge in [0.15, 0.2) is 0 Å². The summed E-state index contributed by atoms with van der Waals surface area (Å²) in [5, 5.41) is 8.65. The Morgan fingerprint density at radius 2 is 1.66 bits per heavy atom. The minimum atomic E-state index is -4.48. The van der Waals surface area contributed by atoms with Crippen LogP contribution in [0.15, 0.2) is 60.2 Å². The highest BCUT2D eigenvalue weighted by Gasteiger charge is 2.34. The Labute approximate surface area is 222 Å². The van der Waals surface area contributed by atoms with Crippen LogP contribution >= 0.6 is 0 Å². The molecule has 6 nitrogen and oxygen atoms in total. The first-order valence-electron chi connectivity index (χ1n) is 12.8. The molecule has 0 aromatic heterocycles. The van der Waals surface area contributed by atoms with Crippen LogP contribution in [-0.2, 0) is 28.9 Å². The maximum absolute atomic E-state index is 13.2. The van der Waals surface area contributed by atoms with Crippen molar-refractivity contribution in [1.82, 2.24) is 9.80 Å². The smallest absolute Gasteiger partial charge is 0.419 e. The summed E-state index contributed by atoms with van der Waals surface area (Å²) in [5.41, 5.74) is 1.32. The van der Waals surface area contributed by atoms with Gasteiger partial charge in [0.1, 0.15) is 18.2 Å². The van der Waals surface area contributed by atoms with E-state index in [1.807, 2.05) is 43.0 Å². The van der Waals surface area contributed by atoms with Gasteiger partial charge in [-0.2, -0.15) is 13.2 Å². The third kappa shape index (κ3) is 8.34. The molecule has 0 atom stereocenters. The van der Waals surface area contributed by atoms with Crippen molar-refractivity contribution >= 4 is 11.8 Å². The number of nitrogens with zero attached hydrogens (tertiary/aromatic N) is 2. The molecule has 0 saturated carbocycles. The number of ether oxygens (including phenoxy) is 2. The van der Waals surface area contributed by atoms with E-state index in [0.717, 1.165) is 17.2 Å². The fraction of sp³-hybridized carbons (Fsp3) is 0.448. The SMILES string of the molecule is CC(C)/C=C(\C(=N)N1CCN(Cc2cccc(COc3ccccc3C(F)(F)F)c2)CC1)C(=O)OC(C)C. The summed E-state index contributed by atoms with van der Waals surface area (Å²) in [6, 6.07) is 12.8. The Balaban J connectivity index is 1.57. The highest BCUT2D eigenvalue weighted by molar-refractivity contribution is 6.17. The van der Waals surface area contributed by atoms with E-state index < -0.39 is 17.7 Å². The fourth-order valence-electron chi connectivity index (χ4n) is 4.22. The highest BCUT2D eigenvalue weighted by Crippen LogP contribution is 2.36. The van der Waals surface area contributed by atoms with E-state index in [1.165, 1.54) is 18.2 Å². The number of rotatable bonds is 9. The van der Waals surface area contributed by atoms with Gasteiger partial charge in [0.05, 0.1) is 17.2 Å². The van der Waals surface area contributed by atoms with Gasteiger partial charge >= 0.3 is 12.1 Å². The lowest BCUT2D eigenvalue weighted by Crippen LogP contribution is -2.49. The molecule has 2 aromatic rings. The number of allylic oxidation sites excluding steroid dienone is 1. The van der Waals surface area contributed by atoms with Crippen molar-refractivity contribution in [2.45, 2.75) is 53.1 Å². The summed E-state index contributed by atoms with van der Waals surface area (Å²) in [6.45, 7) is 10.8. The zero-order valence-corrected chi connectivity index (χ0v) is 22.3. The van der Waals surface area contributed by atoms with Crippen LogP contribution in [-0.4, -0.2) is 53.9 Å². The molecule has 1 saturated heterocycles. The topological polar surface area (TPSA) is 65.9 Å². The van der Waals surface area contributed by atoms with Crippen LogP contribution in [0.25, 0.3) is 0 Å². The quantitative estimate of drug-likeness (QED) is 0.189. The summed E-state index contributed by atoms with van der Waals surface area (Å²) in [5.74, 6) is -0.378. The van der Waals surface area contributed by atoms with E-state index in [4.69, 9.17) is 14.9 Å². The Bertz CT molecular complexity index is 1140. The van der Waals surface area contributed by atoms with Crippen LogP contribution in [0.5, 0.6) is 5.75 Å². The van der Waals surface area contributed by atoms with E-state index in [9.17, 15) is 18.0 Å². The van der Waals surface area contributed by atoms with Gasteiger partial charge in [-0.15, -0.1) is 0 Å². The van der Waals surface area contributed by atoms with Crippen LogP contribution in [0.4, 0.5) is 13.2 Å². The van der Waals surface area contributed by atoms with Crippen LogP contribution in [0, 0.1) is 11.3 Å². The molecule has 1 N–H and O–H groups in total. The number of carbonyl (C=O) groups excluding carboxylic acids is 1. The van der Waals surface area contributed by atoms with Gasteiger partial charge in [-0.05, 0) is 43.0 Å². The zero-order valence-electron chi connectivity index (χ0n) is 22.3. The van der Waals surface area contributed by atoms with Crippen molar-refractivity contribution in [1.29, 1.82) is 5.41 Å². The number of amidine groups is 1. The molecule has 2 aromatic carbocycles. The number of halogens is 3. The summed E-state index contributed by atoms with van der Waals surface area (Å²) >= 11 is 0. The van der Waals surface area contributed by atoms with Crippen molar-refractivity contribution in [3.63, 3.8) is 0 Å². The minimum absolute atomic E-state index is 0.0311. The first-order valence-corrected chi connectivity index (χ1v) is 12.8. The molecule has 0 unspecified atom stereocenters. The third-order valence-corrected chi connectivity index (χ3v) is 5.99. The van der Waals surface area contributed by atoms with Crippen LogP contribution in [0.1, 0.15) is 44.4 Å². The molecule has 0 radical (unpaired) electrons. The molecular weight excluding hydrogens is 495 g/mol. The summed E-state index contributed by atoms with van der Waals surface area (Å²) in [7, 11) is 0. The second-order valence-corrected chi connectivity index (χ2v) is 9.99. The molecule has 0 bridgehead atoms. The normalized spacial score (nSPS) is 15.2. The lowest BCUT2D eigenvalue weighted by molar-refractivity contribution is -0.142. The van der Waals surface area contributed by atoms with E-state index in [-0.39, 0.29) is 30.2 Å². The minimum Gasteiger partial charge on any atom is -0.488 e. The molecule has 1 aliphatic heterocycles. The molecule has 0 amide bonds. The molecule has 1 heterocycles. The number of esters is 1. The Hall–Kier alpha value is -3.33. The lowest BCUT2D eigenvalue weighted by atomic mass is 10.1. The van der Waals surface area contributed by atoms with E-state index >= 15 is 0 Å². The van der Waals surface area contributed by atoms with Gasteiger partial charge in [-0.1, -0.05) is 56.3 Å². The Morgan fingerprint density at radius 1 is 1.00 bits per heavy atom. The predicted molar refractivity (Wildman–Crippen MR) is 141 cm³/mol. The van der Waals surface area contributed by atoms with Gasteiger partial charge in [0.2, 0.25) is 0 Å². The largest absolute Gasteiger partial charge is 0.488 e. The van der Waals surface area contributed by atoms with Crippen molar-refractivity contribution in [2.24, 2.45) is 5.92 Å². The van der Waals surface area contributed by atoms with Crippen molar-refractivity contribution in [2.75, 3.05) is 26.2 Å². The standard InChI is InChI=1S/C29H36F3N3O3/c1-20(2)16-24(28(36)38-21(3)4)27(33)35-14-12-34(13-15-35)18-22-8-7-9-23(17-22)19-37-26-11-6-5-10-25(26)29(30,31)32/h5-11,16-17,20-21,33H,12-15,18-19H2,1-4H3/b24-16+,33-27?. The van der Waals surface area contributed by atoms with Crippen molar-refractivity contribution in [3.05, 3.63) is 76.9 Å². The van der Waals surface area contributed by atoms with E-state index in [1.54, 1.807) is 19.9 Å². The first kappa shape index (κ1) is 29.2. The summed E-state index contributed by atoms with van der Waals surface area (Å²) in [4.78, 5) is 16.7. The van der Waals surface area contributed by atoms with Crippen molar-refractivity contribution < 1.29 is 27.4 Å². The molecule has 206 valence electrons. The average molecular weight is 532 g/mol. The lowest BCUT2D eigenvalue weighted by Gasteiger charge is -2.36. The number of alkyl halides is 3. The van der Waals surface area contributed by atoms with Gasteiger partial charge in [-0.3, -0.25) is 10.3 Å². The number of hydrogen-bond acceptors (Lipinski definition) is 5. The summed E-state index contributed by atoms with van der Waals surface area (Å²) in [6.07, 6.45) is -2.96. The maximum Gasteiger partial charge on any atom is 0.419 e. The van der Waals surface area contributed by atoms with Crippen LogP contribution in [0.2, 0.25) is 0 Å². The second-order valence-electron chi connectivity index (χ2n) is 9.99. The predicted octanol–water partition coefficient (Wildman–Crippen LogP) is 5.91. The molecule has 9 heteroatoms. The van der Waals surface area contributed by atoms with Gasteiger partial charge in [0, 0.05) is 32.7 Å². The molecule has 3 rings (SSSR count). The number of para-hydroxylation sites is 1. The van der Waals surface area contributed by atoms with Gasteiger partial charge in [-0.25, -0.2) is 4.79 Å². The maximum atomic E-state index is 13.2. The molecule has 1 aliphatic rings. The first-order chi connectivity index (χ1) is 17.9. The molecule has 0 spiro atoms.